The molecule has 0 aliphatic rings. The topological polar surface area (TPSA) is 84.0 Å². The summed E-state index contributed by atoms with van der Waals surface area (Å²) >= 11 is 0. The van der Waals surface area contributed by atoms with Crippen molar-refractivity contribution in [2.75, 3.05) is 10.0 Å². The maximum atomic E-state index is 12.9. The van der Waals surface area contributed by atoms with Crippen LogP contribution in [0.5, 0.6) is 0 Å². The molecule has 2 N–H and O–H groups in total. The van der Waals surface area contributed by atoms with Crippen molar-refractivity contribution in [2.45, 2.75) is 18.7 Å². The molecule has 0 amide bonds. The molecule has 8 heteroatoms. The van der Waals surface area contributed by atoms with Gasteiger partial charge in [-0.15, -0.1) is 10.2 Å². The second-order valence-electron chi connectivity index (χ2n) is 5.79. The molecular formula is C18H17FN4O2S. The second-order valence-corrected chi connectivity index (χ2v) is 7.47. The fourth-order valence-corrected chi connectivity index (χ4v) is 3.29. The Morgan fingerprint density at radius 2 is 1.50 bits per heavy atom. The number of aromatic nitrogens is 2. The Labute approximate surface area is 151 Å². The van der Waals surface area contributed by atoms with Crippen molar-refractivity contribution in [2.24, 2.45) is 0 Å². The molecule has 0 saturated heterocycles. The summed E-state index contributed by atoms with van der Waals surface area (Å²) in [6, 6.07) is 13.7. The molecule has 3 aromatic rings. The number of nitrogens with one attached hydrogen (secondary N) is 2. The third-order valence-electron chi connectivity index (χ3n) is 3.81. The predicted octanol–water partition coefficient (Wildman–Crippen LogP) is 3.78. The Hall–Kier alpha value is -3.00. The van der Waals surface area contributed by atoms with Crippen molar-refractivity contribution in [3.8, 4) is 0 Å². The van der Waals surface area contributed by atoms with Crippen LogP contribution in [0.3, 0.4) is 0 Å². The van der Waals surface area contributed by atoms with Gasteiger partial charge in [0.05, 0.1) is 4.90 Å². The highest BCUT2D eigenvalue weighted by atomic mass is 32.2. The van der Waals surface area contributed by atoms with Crippen molar-refractivity contribution in [3.05, 3.63) is 71.5 Å². The van der Waals surface area contributed by atoms with Crippen LogP contribution in [0.4, 0.5) is 21.7 Å². The molecular weight excluding hydrogens is 355 g/mol. The van der Waals surface area contributed by atoms with Crippen molar-refractivity contribution in [1.29, 1.82) is 0 Å². The molecule has 0 bridgehead atoms. The Morgan fingerprint density at radius 3 is 2.12 bits per heavy atom. The Morgan fingerprint density at radius 1 is 0.846 bits per heavy atom. The molecule has 0 spiro atoms. The van der Waals surface area contributed by atoms with Gasteiger partial charge in [0.2, 0.25) is 0 Å². The lowest BCUT2D eigenvalue weighted by atomic mass is 10.1. The van der Waals surface area contributed by atoms with Crippen molar-refractivity contribution < 1.29 is 12.8 Å². The zero-order chi connectivity index (χ0) is 18.7. The normalized spacial score (nSPS) is 11.2. The summed E-state index contributed by atoms with van der Waals surface area (Å²) in [7, 11) is -3.74. The third kappa shape index (κ3) is 4.15. The predicted molar refractivity (Wildman–Crippen MR) is 98.4 cm³/mol. The molecule has 2 aromatic carbocycles. The minimum Gasteiger partial charge on any atom is -0.339 e. The van der Waals surface area contributed by atoms with E-state index >= 15 is 0 Å². The molecule has 0 aliphatic heterocycles. The quantitative estimate of drug-likeness (QED) is 0.712. The van der Waals surface area contributed by atoms with E-state index in [1.165, 1.54) is 18.2 Å². The molecule has 134 valence electrons. The molecule has 0 aliphatic carbocycles. The fraction of sp³-hybridized carbons (Fsp3) is 0.111. The standard InChI is InChI=1S/C18H17FN4O2S/c1-12-3-8-16(11-13(12)2)26(24,25)23-18-10-9-17(21-22-18)20-15-6-4-14(19)5-7-15/h3-11H,1-2H3,(H,20,21)(H,22,23). The zero-order valence-corrected chi connectivity index (χ0v) is 15.0. The summed E-state index contributed by atoms with van der Waals surface area (Å²) in [6.45, 7) is 3.77. The SMILES string of the molecule is Cc1ccc(S(=O)(=O)Nc2ccc(Nc3ccc(F)cc3)nn2)cc1C. The number of sulfonamides is 1. The number of halogens is 1. The summed E-state index contributed by atoms with van der Waals surface area (Å²) in [5, 5.41) is 10.7. The van der Waals surface area contributed by atoms with Gasteiger partial charge in [0.25, 0.3) is 10.0 Å². The number of anilines is 3. The Balaban J connectivity index is 1.73. The van der Waals surface area contributed by atoms with Gasteiger partial charge >= 0.3 is 0 Å². The summed E-state index contributed by atoms with van der Waals surface area (Å²) in [4.78, 5) is 0.163. The van der Waals surface area contributed by atoms with E-state index in [2.05, 4.69) is 20.2 Å². The summed E-state index contributed by atoms with van der Waals surface area (Å²) < 4.78 is 40.2. The van der Waals surface area contributed by atoms with Gasteiger partial charge in [-0.25, -0.2) is 12.8 Å². The molecule has 1 heterocycles. The van der Waals surface area contributed by atoms with Crippen LogP contribution in [-0.4, -0.2) is 18.6 Å². The number of aryl methyl sites for hydroxylation is 2. The van der Waals surface area contributed by atoms with Crippen LogP contribution in [0.2, 0.25) is 0 Å². The zero-order valence-electron chi connectivity index (χ0n) is 14.2. The first-order valence-electron chi connectivity index (χ1n) is 7.80. The molecule has 1 aromatic heterocycles. The highest BCUT2D eigenvalue weighted by molar-refractivity contribution is 7.92. The average molecular weight is 372 g/mol. The Bertz CT molecular complexity index is 1020. The van der Waals surface area contributed by atoms with Crippen LogP contribution in [0.1, 0.15) is 11.1 Å². The molecule has 0 unspecified atom stereocenters. The lowest BCUT2D eigenvalue weighted by molar-refractivity contribution is 0.601. The number of hydrogen-bond acceptors (Lipinski definition) is 5. The van der Waals surface area contributed by atoms with Crippen LogP contribution in [0.25, 0.3) is 0 Å². The van der Waals surface area contributed by atoms with Gasteiger partial charge < -0.3 is 5.32 Å². The average Bonchev–Trinajstić information content (AvgIpc) is 2.61. The second kappa shape index (κ2) is 7.09. The number of benzene rings is 2. The van der Waals surface area contributed by atoms with Crippen molar-refractivity contribution in [3.63, 3.8) is 0 Å². The van der Waals surface area contributed by atoms with E-state index < -0.39 is 10.0 Å². The summed E-state index contributed by atoms with van der Waals surface area (Å²) in [6.07, 6.45) is 0. The summed E-state index contributed by atoms with van der Waals surface area (Å²) in [5.74, 6) is 0.177. The van der Waals surface area contributed by atoms with Crippen LogP contribution in [0.15, 0.2) is 59.5 Å². The van der Waals surface area contributed by atoms with E-state index in [0.717, 1.165) is 11.1 Å². The highest BCUT2D eigenvalue weighted by Crippen LogP contribution is 2.19. The van der Waals surface area contributed by atoms with Gasteiger partial charge in [-0.3, -0.25) is 4.72 Å². The fourth-order valence-electron chi connectivity index (χ4n) is 2.21. The molecule has 0 saturated carbocycles. The number of hydrogen-bond donors (Lipinski definition) is 2. The van der Waals surface area contributed by atoms with Crippen molar-refractivity contribution in [1.82, 2.24) is 10.2 Å². The van der Waals surface area contributed by atoms with E-state index in [0.29, 0.717) is 11.5 Å². The number of rotatable bonds is 5. The van der Waals surface area contributed by atoms with Gasteiger partial charge in [0.1, 0.15) is 5.82 Å². The van der Waals surface area contributed by atoms with Crippen LogP contribution in [-0.2, 0) is 10.0 Å². The minimum atomic E-state index is -3.74. The van der Waals surface area contributed by atoms with Crippen LogP contribution < -0.4 is 10.0 Å². The first-order chi connectivity index (χ1) is 12.3. The van der Waals surface area contributed by atoms with Gasteiger partial charge in [-0.05, 0) is 73.5 Å². The van der Waals surface area contributed by atoms with Crippen molar-refractivity contribution >= 4 is 27.3 Å². The van der Waals surface area contributed by atoms with Gasteiger partial charge in [-0.2, -0.15) is 0 Å². The third-order valence-corrected chi connectivity index (χ3v) is 5.16. The molecule has 6 nitrogen and oxygen atoms in total. The van der Waals surface area contributed by atoms with E-state index in [9.17, 15) is 12.8 Å². The minimum absolute atomic E-state index is 0.105. The smallest absolute Gasteiger partial charge is 0.263 e. The molecule has 0 atom stereocenters. The summed E-state index contributed by atoms with van der Waals surface area (Å²) in [5.41, 5.74) is 2.54. The van der Waals surface area contributed by atoms with E-state index in [1.54, 1.807) is 36.4 Å². The van der Waals surface area contributed by atoms with Gasteiger partial charge in [0.15, 0.2) is 11.6 Å². The lowest BCUT2D eigenvalue weighted by Crippen LogP contribution is -2.14. The molecule has 3 rings (SSSR count). The van der Waals surface area contributed by atoms with Crippen LogP contribution in [0, 0.1) is 19.7 Å². The van der Waals surface area contributed by atoms with E-state index in [4.69, 9.17) is 0 Å². The van der Waals surface area contributed by atoms with Gasteiger partial charge in [0, 0.05) is 5.69 Å². The van der Waals surface area contributed by atoms with Crippen LogP contribution >= 0.6 is 0 Å². The van der Waals surface area contributed by atoms with Gasteiger partial charge in [-0.1, -0.05) is 6.07 Å². The maximum Gasteiger partial charge on any atom is 0.263 e. The highest BCUT2D eigenvalue weighted by Gasteiger charge is 2.15. The lowest BCUT2D eigenvalue weighted by Gasteiger charge is -2.09. The first-order valence-corrected chi connectivity index (χ1v) is 9.28. The first kappa shape index (κ1) is 17.8. The molecule has 26 heavy (non-hydrogen) atoms. The maximum absolute atomic E-state index is 12.9. The van der Waals surface area contributed by atoms with E-state index in [1.807, 2.05) is 13.8 Å². The number of nitrogens with zero attached hydrogens (tertiary/aromatic N) is 2. The Kier molecular flexibility index (Phi) is 4.85. The largest absolute Gasteiger partial charge is 0.339 e. The monoisotopic (exact) mass is 372 g/mol. The molecule has 0 fully saturated rings. The van der Waals surface area contributed by atoms with E-state index in [-0.39, 0.29) is 16.5 Å². The molecule has 0 radical (unpaired) electrons.